The number of benzene rings is 1. The van der Waals surface area contributed by atoms with Crippen LogP contribution in [0.3, 0.4) is 0 Å². The van der Waals surface area contributed by atoms with E-state index in [0.29, 0.717) is 58.8 Å². The van der Waals surface area contributed by atoms with E-state index in [-0.39, 0.29) is 37.3 Å². The Morgan fingerprint density at radius 2 is 1.51 bits per heavy atom. The number of carbonyl (C=O) groups is 5. The number of fused-ring (bicyclic) bond motifs is 2. The number of aliphatic carboxylic acids is 2. The molecular formula is C25H35N5O9. The molecule has 4 N–H and O–H groups in total. The molecule has 3 rings (SSSR count). The first-order valence-electron chi connectivity index (χ1n) is 12.8. The maximum Gasteiger partial charge on any atom is 0.336 e. The topological polar surface area (TPSA) is 180 Å². The molecule has 2 aliphatic rings. The first-order valence-corrected chi connectivity index (χ1v) is 12.8. The molecule has 2 aliphatic heterocycles. The molecule has 39 heavy (non-hydrogen) atoms. The van der Waals surface area contributed by atoms with Crippen LogP contribution in [0.4, 0.5) is 0 Å². The van der Waals surface area contributed by atoms with Gasteiger partial charge in [0.05, 0.1) is 37.3 Å². The number of ether oxygens (including phenoxy) is 1. The van der Waals surface area contributed by atoms with Crippen molar-refractivity contribution in [3.8, 4) is 0 Å². The summed E-state index contributed by atoms with van der Waals surface area (Å²) in [6.07, 6.45) is -0.212. The molecule has 2 saturated heterocycles. The number of amides is 1. The lowest BCUT2D eigenvalue weighted by molar-refractivity contribution is -0.176. The van der Waals surface area contributed by atoms with Crippen molar-refractivity contribution in [3.63, 3.8) is 0 Å². The minimum absolute atomic E-state index is 0.0626. The van der Waals surface area contributed by atoms with Crippen LogP contribution in [0.5, 0.6) is 0 Å². The summed E-state index contributed by atoms with van der Waals surface area (Å²) < 4.78 is 5.46. The fraction of sp³-hybridized carbons (Fsp3) is 0.560. The largest absolute Gasteiger partial charge is 0.480 e. The van der Waals surface area contributed by atoms with E-state index in [1.54, 1.807) is 21.9 Å². The van der Waals surface area contributed by atoms with Gasteiger partial charge in [0.15, 0.2) is 6.23 Å². The zero-order valence-corrected chi connectivity index (χ0v) is 21.7. The van der Waals surface area contributed by atoms with E-state index < -0.39 is 36.0 Å². The van der Waals surface area contributed by atoms with Gasteiger partial charge in [-0.1, -0.05) is 12.1 Å². The maximum absolute atomic E-state index is 12.5. The molecule has 2 fully saturated rings. The van der Waals surface area contributed by atoms with Gasteiger partial charge >= 0.3 is 23.9 Å². The fourth-order valence-electron chi connectivity index (χ4n) is 4.65. The Morgan fingerprint density at radius 3 is 2.21 bits per heavy atom. The van der Waals surface area contributed by atoms with Crippen molar-refractivity contribution in [2.45, 2.75) is 12.6 Å². The monoisotopic (exact) mass is 549 g/mol. The van der Waals surface area contributed by atoms with Crippen molar-refractivity contribution in [2.75, 3.05) is 78.5 Å². The summed E-state index contributed by atoms with van der Waals surface area (Å²) in [4.78, 5) is 66.4. The SMILES string of the molecule is O=C(O)CN1CCN(CCCNC(=O)c2ccccc2C(=O)O)CCN(CC(=O)O)C2CN(CC1)CC(=O)O2. The summed E-state index contributed by atoms with van der Waals surface area (Å²) in [5.74, 6) is -4.14. The van der Waals surface area contributed by atoms with Gasteiger partial charge in [-0.05, 0) is 25.1 Å². The van der Waals surface area contributed by atoms with Crippen LogP contribution in [-0.4, -0.2) is 149 Å². The molecule has 2 heterocycles. The molecule has 14 heteroatoms. The van der Waals surface area contributed by atoms with Gasteiger partial charge < -0.3 is 30.3 Å². The number of nitrogens with zero attached hydrogens (tertiary/aromatic N) is 4. The second-order valence-corrected chi connectivity index (χ2v) is 9.52. The lowest BCUT2D eigenvalue weighted by Gasteiger charge is -2.40. The molecule has 214 valence electrons. The van der Waals surface area contributed by atoms with Gasteiger partial charge in [-0.15, -0.1) is 0 Å². The Bertz CT molecular complexity index is 1050. The minimum atomic E-state index is -1.19. The molecule has 1 aromatic carbocycles. The van der Waals surface area contributed by atoms with Gasteiger partial charge in [-0.2, -0.15) is 0 Å². The maximum atomic E-state index is 12.5. The summed E-state index contributed by atoms with van der Waals surface area (Å²) in [5.41, 5.74) is -0.0156. The smallest absolute Gasteiger partial charge is 0.336 e. The van der Waals surface area contributed by atoms with E-state index in [1.165, 1.54) is 12.1 Å². The van der Waals surface area contributed by atoms with Crippen LogP contribution in [0, 0.1) is 0 Å². The number of nitrogens with one attached hydrogen (secondary N) is 1. The van der Waals surface area contributed by atoms with Crippen molar-refractivity contribution < 1.29 is 44.0 Å². The summed E-state index contributed by atoms with van der Waals surface area (Å²) >= 11 is 0. The van der Waals surface area contributed by atoms with Crippen molar-refractivity contribution in [1.29, 1.82) is 0 Å². The molecule has 1 aromatic rings. The highest BCUT2D eigenvalue weighted by atomic mass is 16.6. The molecule has 2 bridgehead atoms. The van der Waals surface area contributed by atoms with Crippen LogP contribution in [0.2, 0.25) is 0 Å². The first-order chi connectivity index (χ1) is 18.6. The van der Waals surface area contributed by atoms with Crippen molar-refractivity contribution >= 4 is 29.8 Å². The molecule has 1 amide bonds. The highest BCUT2D eigenvalue weighted by Gasteiger charge is 2.33. The van der Waals surface area contributed by atoms with Crippen LogP contribution >= 0.6 is 0 Å². The van der Waals surface area contributed by atoms with E-state index in [1.807, 2.05) is 9.80 Å². The first kappa shape index (κ1) is 30.0. The Hall–Kier alpha value is -3.59. The van der Waals surface area contributed by atoms with Gasteiger partial charge in [0.1, 0.15) is 0 Å². The van der Waals surface area contributed by atoms with Gasteiger partial charge in [-0.25, -0.2) is 4.79 Å². The van der Waals surface area contributed by atoms with E-state index >= 15 is 0 Å². The summed E-state index contributed by atoms with van der Waals surface area (Å²) in [6.45, 7) is 3.25. The molecule has 0 saturated carbocycles. The number of carbonyl (C=O) groups excluding carboxylic acids is 2. The molecule has 0 spiro atoms. The Morgan fingerprint density at radius 1 is 0.872 bits per heavy atom. The lowest BCUT2D eigenvalue weighted by Crippen LogP contribution is -2.57. The van der Waals surface area contributed by atoms with E-state index in [4.69, 9.17) is 4.74 Å². The fourth-order valence-corrected chi connectivity index (χ4v) is 4.65. The number of rotatable bonds is 10. The third kappa shape index (κ3) is 9.58. The normalized spacial score (nSPS) is 21.7. The quantitative estimate of drug-likeness (QED) is 0.202. The number of aromatic carboxylic acids is 1. The van der Waals surface area contributed by atoms with Crippen LogP contribution < -0.4 is 5.32 Å². The second kappa shape index (κ2) is 14.5. The van der Waals surface area contributed by atoms with Crippen LogP contribution in [0.15, 0.2) is 24.3 Å². The molecule has 2 unspecified atom stereocenters. The number of carboxylic acid groups (broad SMARTS) is 3. The minimum Gasteiger partial charge on any atom is -0.480 e. The van der Waals surface area contributed by atoms with Gasteiger partial charge in [0.25, 0.3) is 5.91 Å². The summed E-state index contributed by atoms with van der Waals surface area (Å²) in [6, 6.07) is 5.95. The molecule has 0 aliphatic carbocycles. The average Bonchev–Trinajstić information content (AvgIpc) is 2.88. The predicted octanol–water partition coefficient (Wildman–Crippen LogP) is -1.22. The van der Waals surface area contributed by atoms with Crippen molar-refractivity contribution in [2.24, 2.45) is 0 Å². The third-order valence-electron chi connectivity index (χ3n) is 6.65. The molecule has 0 aromatic heterocycles. The number of esters is 1. The Kier molecular flexibility index (Phi) is 11.2. The zero-order chi connectivity index (χ0) is 28.4. The van der Waals surface area contributed by atoms with E-state index in [0.717, 1.165) is 0 Å². The van der Waals surface area contributed by atoms with Crippen molar-refractivity contribution in [3.05, 3.63) is 35.4 Å². The number of hydrogen-bond acceptors (Lipinski definition) is 10. The lowest BCUT2D eigenvalue weighted by atomic mass is 10.1. The highest BCUT2D eigenvalue weighted by Crippen LogP contribution is 2.13. The Balaban J connectivity index is 1.64. The second-order valence-electron chi connectivity index (χ2n) is 9.52. The standard InChI is InChI=1S/C25H35N5O9/c31-21(32)15-28-9-8-27(7-3-6-26-24(36)18-4-1-2-5-19(18)25(37)38)12-13-30(16-22(33)34)20-14-29(11-10-28)17-23(35)39-20/h1-2,4-5,20H,3,6-17H2,(H,26,36)(H,31,32)(H,33,34)(H,37,38). The van der Waals surface area contributed by atoms with E-state index in [9.17, 15) is 39.3 Å². The average molecular weight is 550 g/mol. The zero-order valence-electron chi connectivity index (χ0n) is 21.7. The predicted molar refractivity (Wildman–Crippen MR) is 136 cm³/mol. The van der Waals surface area contributed by atoms with Gasteiger partial charge in [-0.3, -0.25) is 33.9 Å². The highest BCUT2D eigenvalue weighted by molar-refractivity contribution is 6.04. The summed E-state index contributed by atoms with van der Waals surface area (Å²) in [7, 11) is 0. The van der Waals surface area contributed by atoms with Crippen LogP contribution in [-0.2, 0) is 19.1 Å². The Labute approximate surface area is 225 Å². The third-order valence-corrected chi connectivity index (χ3v) is 6.65. The van der Waals surface area contributed by atoms with Gasteiger partial charge in [0, 0.05) is 45.8 Å². The van der Waals surface area contributed by atoms with Gasteiger partial charge in [0.2, 0.25) is 0 Å². The molecule has 14 nitrogen and oxygen atoms in total. The molecular weight excluding hydrogens is 514 g/mol. The number of carboxylic acids is 3. The number of morpholine rings is 1. The van der Waals surface area contributed by atoms with Crippen molar-refractivity contribution in [1.82, 2.24) is 24.9 Å². The molecule has 2 atom stereocenters. The number of hydrogen-bond donors (Lipinski definition) is 4. The van der Waals surface area contributed by atoms with E-state index in [2.05, 4.69) is 5.32 Å². The van der Waals surface area contributed by atoms with Crippen LogP contribution in [0.1, 0.15) is 27.1 Å². The van der Waals surface area contributed by atoms with Crippen LogP contribution in [0.25, 0.3) is 0 Å². The molecule has 0 radical (unpaired) electrons. The summed E-state index contributed by atoms with van der Waals surface area (Å²) in [5, 5.41) is 30.8.